The molecule has 4 heteroatoms. The summed E-state index contributed by atoms with van der Waals surface area (Å²) in [7, 11) is 0. The van der Waals surface area contributed by atoms with E-state index in [1.165, 1.54) is 0 Å². The van der Waals surface area contributed by atoms with Crippen molar-refractivity contribution in [1.29, 1.82) is 0 Å². The van der Waals surface area contributed by atoms with Gasteiger partial charge in [-0.15, -0.1) is 11.6 Å². The van der Waals surface area contributed by atoms with Gasteiger partial charge in [0, 0.05) is 17.9 Å². The van der Waals surface area contributed by atoms with E-state index in [2.05, 4.69) is 16.6 Å². The maximum absolute atomic E-state index is 11.4. The second-order valence-corrected chi connectivity index (χ2v) is 3.52. The third-order valence-corrected chi connectivity index (χ3v) is 2.31. The summed E-state index contributed by atoms with van der Waals surface area (Å²) in [6.45, 7) is 0. The Morgan fingerprint density at radius 1 is 1.25 bits per heavy atom. The molecule has 0 saturated heterocycles. The fraction of sp³-hybridized carbons (Fsp3) is 0.167. The zero-order valence-electron chi connectivity index (χ0n) is 8.25. The maximum Gasteiger partial charge on any atom is 0.348 e. The van der Waals surface area contributed by atoms with Gasteiger partial charge in [0.15, 0.2) is 0 Å². The summed E-state index contributed by atoms with van der Waals surface area (Å²) in [6.07, 6.45) is 0.536. The molecule has 1 heterocycles. The number of hydrogen-bond acceptors (Lipinski definition) is 3. The first kappa shape index (κ1) is 10.7. The lowest BCUT2D eigenvalue weighted by Crippen LogP contribution is -1.98. The molecule has 0 bridgehead atoms. The number of hydrogen-bond donors (Lipinski definition) is 0. The number of rotatable bonds is 1. The molecule has 0 unspecified atom stereocenters. The molecule has 0 amide bonds. The van der Waals surface area contributed by atoms with Crippen LogP contribution in [0, 0.1) is 11.8 Å². The Balaban J connectivity index is 2.47. The minimum Gasteiger partial charge on any atom is -0.386 e. The van der Waals surface area contributed by atoms with Crippen molar-refractivity contribution in [2.75, 3.05) is 5.88 Å². The van der Waals surface area contributed by atoms with Crippen LogP contribution in [0.3, 0.4) is 0 Å². The highest BCUT2D eigenvalue weighted by molar-refractivity contribution is 6.18. The molecule has 0 fully saturated rings. The fourth-order valence-electron chi connectivity index (χ4n) is 1.44. The lowest BCUT2D eigenvalue weighted by Gasteiger charge is -1.95. The molecule has 1 aromatic rings. The quantitative estimate of drug-likeness (QED) is 0.323. The summed E-state index contributed by atoms with van der Waals surface area (Å²) in [5, 5.41) is 0. The van der Waals surface area contributed by atoms with Crippen LogP contribution in [0.4, 0.5) is 0 Å². The topological polar surface area (TPSA) is 43.4 Å². The van der Waals surface area contributed by atoms with Crippen molar-refractivity contribution in [2.45, 2.75) is 6.42 Å². The Kier molecular flexibility index (Phi) is 2.93. The highest BCUT2D eigenvalue weighted by Gasteiger charge is 2.31. The van der Waals surface area contributed by atoms with E-state index in [1.807, 2.05) is 0 Å². The minimum absolute atomic E-state index is 0.259. The third-order valence-electron chi connectivity index (χ3n) is 2.12. The summed E-state index contributed by atoms with van der Waals surface area (Å²) in [6, 6.07) is 4.90. The van der Waals surface area contributed by atoms with Gasteiger partial charge >= 0.3 is 11.9 Å². The lowest BCUT2D eigenvalue weighted by atomic mass is 10.0. The van der Waals surface area contributed by atoms with E-state index in [9.17, 15) is 9.59 Å². The van der Waals surface area contributed by atoms with Crippen LogP contribution in [-0.2, 0) is 4.74 Å². The molecule has 3 nitrogen and oxygen atoms in total. The van der Waals surface area contributed by atoms with Crippen LogP contribution in [0.25, 0.3) is 0 Å². The highest BCUT2D eigenvalue weighted by Crippen LogP contribution is 2.22. The molecular formula is C12H7ClO3. The van der Waals surface area contributed by atoms with Gasteiger partial charge in [0.1, 0.15) is 0 Å². The number of cyclic esters (lactones) is 2. The molecule has 0 spiro atoms. The molecule has 80 valence electrons. The van der Waals surface area contributed by atoms with Gasteiger partial charge < -0.3 is 4.74 Å². The second kappa shape index (κ2) is 4.38. The fourth-order valence-corrected chi connectivity index (χ4v) is 1.54. The van der Waals surface area contributed by atoms with Gasteiger partial charge in [-0.1, -0.05) is 17.9 Å². The number of alkyl halides is 1. The monoisotopic (exact) mass is 234 g/mol. The van der Waals surface area contributed by atoms with E-state index in [-0.39, 0.29) is 11.1 Å². The minimum atomic E-state index is -0.629. The Morgan fingerprint density at radius 2 is 2.06 bits per heavy atom. The van der Waals surface area contributed by atoms with E-state index in [1.54, 1.807) is 18.2 Å². The van der Waals surface area contributed by atoms with E-state index >= 15 is 0 Å². The predicted molar refractivity (Wildman–Crippen MR) is 58.4 cm³/mol. The SMILES string of the molecule is O=C1OC(=O)c2c(C#CCCCl)cccc21. The van der Waals surface area contributed by atoms with E-state index in [0.717, 1.165) is 0 Å². The summed E-state index contributed by atoms with van der Waals surface area (Å²) in [5.41, 5.74) is 1.05. The van der Waals surface area contributed by atoms with Crippen molar-refractivity contribution in [2.24, 2.45) is 0 Å². The molecule has 0 N–H and O–H groups in total. The second-order valence-electron chi connectivity index (χ2n) is 3.15. The summed E-state index contributed by atoms with van der Waals surface area (Å²) >= 11 is 5.49. The van der Waals surface area contributed by atoms with Crippen LogP contribution in [0.2, 0.25) is 0 Å². The summed E-state index contributed by atoms with van der Waals surface area (Å²) < 4.78 is 4.51. The number of ether oxygens (including phenoxy) is 1. The zero-order chi connectivity index (χ0) is 11.5. The van der Waals surface area contributed by atoms with Crippen molar-refractivity contribution >= 4 is 23.5 Å². The zero-order valence-corrected chi connectivity index (χ0v) is 9.00. The summed E-state index contributed by atoms with van der Waals surface area (Å²) in [5.74, 6) is 4.82. The molecule has 1 aromatic carbocycles. The standard InChI is InChI=1S/C12H7ClO3/c13-7-2-1-4-8-5-3-6-9-10(8)12(15)16-11(9)14/h3,5-6H,2,7H2. The molecule has 0 radical (unpaired) electrons. The van der Waals surface area contributed by atoms with Gasteiger partial charge in [0.2, 0.25) is 0 Å². The van der Waals surface area contributed by atoms with Crippen LogP contribution >= 0.6 is 11.6 Å². The molecule has 16 heavy (non-hydrogen) atoms. The first-order chi connectivity index (χ1) is 7.74. The summed E-state index contributed by atoms with van der Waals surface area (Å²) in [4.78, 5) is 22.6. The molecule has 1 aliphatic heterocycles. The number of carbonyl (C=O) groups excluding carboxylic acids is 2. The molecule has 1 aliphatic rings. The average molecular weight is 235 g/mol. The van der Waals surface area contributed by atoms with Crippen molar-refractivity contribution in [3.63, 3.8) is 0 Å². The number of halogens is 1. The largest absolute Gasteiger partial charge is 0.386 e. The van der Waals surface area contributed by atoms with Gasteiger partial charge in [0.05, 0.1) is 11.1 Å². The highest BCUT2D eigenvalue weighted by atomic mass is 35.5. The number of benzene rings is 1. The first-order valence-corrected chi connectivity index (χ1v) is 5.22. The van der Waals surface area contributed by atoms with Crippen LogP contribution in [0.1, 0.15) is 32.7 Å². The van der Waals surface area contributed by atoms with Crippen LogP contribution < -0.4 is 0 Å². The number of esters is 2. The van der Waals surface area contributed by atoms with Gasteiger partial charge in [0.25, 0.3) is 0 Å². The molecule has 2 rings (SSSR count). The Morgan fingerprint density at radius 3 is 2.81 bits per heavy atom. The van der Waals surface area contributed by atoms with Crippen LogP contribution in [-0.4, -0.2) is 17.8 Å². The van der Waals surface area contributed by atoms with Gasteiger partial charge in [-0.05, 0) is 12.1 Å². The molecular weight excluding hydrogens is 228 g/mol. The van der Waals surface area contributed by atoms with Crippen molar-refractivity contribution in [3.8, 4) is 11.8 Å². The molecule has 0 saturated carbocycles. The molecule has 0 aromatic heterocycles. The van der Waals surface area contributed by atoms with Crippen molar-refractivity contribution < 1.29 is 14.3 Å². The van der Waals surface area contributed by atoms with Gasteiger partial charge in [-0.2, -0.15) is 0 Å². The Bertz CT molecular complexity index is 523. The Labute approximate surface area is 97.4 Å². The number of fused-ring (bicyclic) bond motifs is 1. The predicted octanol–water partition coefficient (Wildman–Crippen LogP) is 1.98. The van der Waals surface area contributed by atoms with Crippen molar-refractivity contribution in [1.82, 2.24) is 0 Å². The third kappa shape index (κ3) is 1.80. The van der Waals surface area contributed by atoms with E-state index in [4.69, 9.17) is 11.6 Å². The molecule has 0 atom stereocenters. The lowest BCUT2D eigenvalue weighted by molar-refractivity contribution is 0.0444. The van der Waals surface area contributed by atoms with Crippen molar-refractivity contribution in [3.05, 3.63) is 34.9 Å². The first-order valence-electron chi connectivity index (χ1n) is 4.68. The Hall–Kier alpha value is -1.79. The van der Waals surface area contributed by atoms with E-state index in [0.29, 0.717) is 17.9 Å². The average Bonchev–Trinajstić information content (AvgIpc) is 2.56. The number of carbonyl (C=O) groups is 2. The normalized spacial score (nSPS) is 12.8. The smallest absolute Gasteiger partial charge is 0.348 e. The van der Waals surface area contributed by atoms with E-state index < -0.39 is 11.9 Å². The van der Waals surface area contributed by atoms with Crippen LogP contribution in [0.15, 0.2) is 18.2 Å². The van der Waals surface area contributed by atoms with Gasteiger partial charge in [-0.25, -0.2) is 9.59 Å². The van der Waals surface area contributed by atoms with Crippen LogP contribution in [0.5, 0.6) is 0 Å². The van der Waals surface area contributed by atoms with Gasteiger partial charge in [-0.3, -0.25) is 0 Å². The molecule has 0 aliphatic carbocycles. The maximum atomic E-state index is 11.4.